The van der Waals surface area contributed by atoms with E-state index in [1.54, 1.807) is 0 Å². The van der Waals surface area contributed by atoms with Crippen LogP contribution in [-0.2, 0) is 9.53 Å². The van der Waals surface area contributed by atoms with Crippen molar-refractivity contribution >= 4 is 5.97 Å². The molecule has 2 nitrogen and oxygen atoms in total. The molecule has 0 aliphatic carbocycles. The van der Waals surface area contributed by atoms with Crippen LogP contribution in [0, 0.1) is 0 Å². The van der Waals surface area contributed by atoms with E-state index >= 15 is 0 Å². The maximum atomic E-state index is 12.3. The molecule has 0 aromatic rings. The van der Waals surface area contributed by atoms with Crippen molar-refractivity contribution in [3.8, 4) is 0 Å². The minimum atomic E-state index is -1.34. The summed E-state index contributed by atoms with van der Waals surface area (Å²) in [7, 11) is 1.34. The van der Waals surface area contributed by atoms with E-state index in [-0.39, 0.29) is 12.4 Å². The Morgan fingerprint density at radius 2 is 2.08 bits per heavy atom. The predicted octanol–water partition coefficient (Wildman–Crippen LogP) is 2.42. The van der Waals surface area contributed by atoms with Crippen LogP contribution in [-0.4, -0.2) is 25.9 Å². The van der Waals surface area contributed by atoms with E-state index in [9.17, 15) is 13.6 Å². The number of alkyl halides is 2. The smallest absolute Gasteiger partial charge is 0.305 e. The van der Waals surface area contributed by atoms with E-state index in [2.05, 4.69) is 4.74 Å². The summed E-state index contributed by atoms with van der Waals surface area (Å²) in [5.74, 6) is -0.248. The molecule has 0 amide bonds. The summed E-state index contributed by atoms with van der Waals surface area (Å²) in [5, 5.41) is 0. The molecule has 0 fully saturated rings. The van der Waals surface area contributed by atoms with Crippen molar-refractivity contribution < 1.29 is 18.3 Å². The second-order valence-corrected chi connectivity index (χ2v) is 2.93. The summed E-state index contributed by atoms with van der Waals surface area (Å²) >= 11 is 0. The number of halogens is 2. The number of rotatable bonds is 7. The van der Waals surface area contributed by atoms with Crippen LogP contribution >= 0.6 is 0 Å². The second kappa shape index (κ2) is 7.95. The number of carbonyl (C=O) groups excluding carboxylic acids is 1. The van der Waals surface area contributed by atoms with E-state index in [1.807, 2.05) is 0 Å². The average molecular weight is 194 g/mol. The van der Waals surface area contributed by atoms with Crippen LogP contribution in [0.1, 0.15) is 32.1 Å². The maximum absolute atomic E-state index is 12.3. The first-order valence-corrected chi connectivity index (χ1v) is 4.47. The third kappa shape index (κ3) is 7.68. The van der Waals surface area contributed by atoms with E-state index in [0.717, 1.165) is 6.42 Å². The van der Waals surface area contributed by atoms with Crippen LogP contribution < -0.4 is 0 Å². The van der Waals surface area contributed by atoms with Gasteiger partial charge >= 0.3 is 5.97 Å². The van der Waals surface area contributed by atoms with Gasteiger partial charge in [0.2, 0.25) is 0 Å². The molecule has 0 aliphatic heterocycles. The molecule has 0 saturated carbocycles. The molecule has 0 N–H and O–H groups in total. The van der Waals surface area contributed by atoms with Gasteiger partial charge in [0.25, 0.3) is 0 Å². The summed E-state index contributed by atoms with van der Waals surface area (Å²) in [6.07, 6.45) is 1.34. The zero-order valence-electron chi connectivity index (χ0n) is 7.89. The highest BCUT2D eigenvalue weighted by Gasteiger charge is 2.05. The third-order valence-electron chi connectivity index (χ3n) is 1.79. The fourth-order valence-electron chi connectivity index (χ4n) is 0.991. The minimum absolute atomic E-state index is 0.248. The fraction of sp³-hybridized carbons (Fsp3) is 0.889. The molecule has 13 heavy (non-hydrogen) atoms. The van der Waals surface area contributed by atoms with Gasteiger partial charge in [-0.3, -0.25) is 4.79 Å². The van der Waals surface area contributed by atoms with Gasteiger partial charge in [0.05, 0.1) is 7.11 Å². The first-order chi connectivity index (χ1) is 6.20. The maximum Gasteiger partial charge on any atom is 0.305 e. The third-order valence-corrected chi connectivity index (χ3v) is 1.79. The highest BCUT2D eigenvalue weighted by molar-refractivity contribution is 5.68. The van der Waals surface area contributed by atoms with Crippen molar-refractivity contribution in [2.45, 2.75) is 38.3 Å². The normalized spacial score (nSPS) is 12.5. The van der Waals surface area contributed by atoms with Gasteiger partial charge in [0, 0.05) is 6.42 Å². The lowest BCUT2D eigenvalue weighted by molar-refractivity contribution is -0.140. The molecule has 4 heteroatoms. The van der Waals surface area contributed by atoms with Gasteiger partial charge in [-0.2, -0.15) is 0 Å². The van der Waals surface area contributed by atoms with E-state index in [4.69, 9.17) is 0 Å². The average Bonchev–Trinajstić information content (AvgIpc) is 2.16. The Labute approximate surface area is 77.3 Å². The molecule has 0 bridgehead atoms. The van der Waals surface area contributed by atoms with Gasteiger partial charge < -0.3 is 4.74 Å². The van der Waals surface area contributed by atoms with Crippen LogP contribution in [0.5, 0.6) is 0 Å². The van der Waals surface area contributed by atoms with Crippen LogP contribution in [0.3, 0.4) is 0 Å². The summed E-state index contributed by atoms with van der Waals surface area (Å²) in [6.45, 7) is -0.906. The van der Waals surface area contributed by atoms with Gasteiger partial charge in [0.15, 0.2) is 0 Å². The van der Waals surface area contributed by atoms with Crippen molar-refractivity contribution in [2.75, 3.05) is 13.8 Å². The Bertz CT molecular complexity index is 140. The van der Waals surface area contributed by atoms with E-state index in [1.165, 1.54) is 7.11 Å². The molecule has 0 spiro atoms. The number of hydrogen-bond acceptors (Lipinski definition) is 2. The molecule has 0 aromatic heterocycles. The molecule has 0 saturated heterocycles. The first-order valence-electron chi connectivity index (χ1n) is 4.47. The van der Waals surface area contributed by atoms with Crippen LogP contribution in [0.25, 0.3) is 0 Å². The standard InChI is InChI=1S/C9H16F2O2/c1-13-9(12)6-4-2-3-5-8(11)7-10/h8H,2-7H2,1H3. The molecule has 1 atom stereocenters. The topological polar surface area (TPSA) is 26.3 Å². The fourth-order valence-corrected chi connectivity index (χ4v) is 0.991. The highest BCUT2D eigenvalue weighted by Crippen LogP contribution is 2.08. The molecule has 0 aromatic carbocycles. The SMILES string of the molecule is COC(=O)CCCCCC(F)CF. The number of ether oxygens (including phenoxy) is 1. The molecule has 78 valence electrons. The lowest BCUT2D eigenvalue weighted by Gasteiger charge is -2.02. The van der Waals surface area contributed by atoms with Crippen LogP contribution in [0.4, 0.5) is 8.78 Å². The Kier molecular flexibility index (Phi) is 7.54. The largest absolute Gasteiger partial charge is 0.469 e. The molecular formula is C9H16F2O2. The highest BCUT2D eigenvalue weighted by atomic mass is 19.2. The van der Waals surface area contributed by atoms with Gasteiger partial charge in [0.1, 0.15) is 12.8 Å². The van der Waals surface area contributed by atoms with Crippen molar-refractivity contribution in [1.29, 1.82) is 0 Å². The first kappa shape index (κ1) is 12.3. The number of hydrogen-bond donors (Lipinski definition) is 0. The van der Waals surface area contributed by atoms with E-state index in [0.29, 0.717) is 19.3 Å². The zero-order chi connectivity index (χ0) is 10.1. The lowest BCUT2D eigenvalue weighted by Crippen LogP contribution is -2.02. The molecule has 0 rings (SSSR count). The van der Waals surface area contributed by atoms with Crippen LogP contribution in [0.15, 0.2) is 0 Å². The van der Waals surface area contributed by atoms with Crippen molar-refractivity contribution in [3.05, 3.63) is 0 Å². The second-order valence-electron chi connectivity index (χ2n) is 2.93. The molecular weight excluding hydrogens is 178 g/mol. The minimum Gasteiger partial charge on any atom is -0.469 e. The summed E-state index contributed by atoms with van der Waals surface area (Å²) < 4.78 is 28.4. The molecule has 0 radical (unpaired) electrons. The van der Waals surface area contributed by atoms with Gasteiger partial charge in [-0.1, -0.05) is 12.8 Å². The zero-order valence-corrected chi connectivity index (χ0v) is 7.89. The van der Waals surface area contributed by atoms with Gasteiger partial charge in [-0.25, -0.2) is 8.78 Å². The summed E-state index contributed by atoms with van der Waals surface area (Å²) in [6, 6.07) is 0. The molecule has 0 heterocycles. The van der Waals surface area contributed by atoms with Crippen molar-refractivity contribution in [2.24, 2.45) is 0 Å². The van der Waals surface area contributed by atoms with Gasteiger partial charge in [-0.05, 0) is 12.8 Å². The number of unbranched alkanes of at least 4 members (excludes halogenated alkanes) is 2. The predicted molar refractivity (Wildman–Crippen MR) is 46.0 cm³/mol. The van der Waals surface area contributed by atoms with Crippen molar-refractivity contribution in [3.63, 3.8) is 0 Å². The Hall–Kier alpha value is -0.670. The molecule has 1 unspecified atom stereocenters. The Balaban J connectivity index is 3.12. The summed E-state index contributed by atoms with van der Waals surface area (Å²) in [4.78, 5) is 10.6. The monoisotopic (exact) mass is 194 g/mol. The quantitative estimate of drug-likeness (QED) is 0.459. The van der Waals surface area contributed by atoms with Crippen molar-refractivity contribution in [1.82, 2.24) is 0 Å². The van der Waals surface area contributed by atoms with Gasteiger partial charge in [-0.15, -0.1) is 0 Å². The van der Waals surface area contributed by atoms with E-state index < -0.39 is 12.8 Å². The summed E-state index contributed by atoms with van der Waals surface area (Å²) in [5.41, 5.74) is 0. The molecule has 0 aliphatic rings. The lowest BCUT2D eigenvalue weighted by atomic mass is 10.1. The number of esters is 1. The van der Waals surface area contributed by atoms with Crippen LogP contribution in [0.2, 0.25) is 0 Å². The Morgan fingerprint density at radius 1 is 1.38 bits per heavy atom. The number of carbonyl (C=O) groups is 1. The number of methoxy groups -OCH3 is 1. The Morgan fingerprint density at radius 3 is 2.62 bits per heavy atom.